The minimum absolute atomic E-state index is 0.286. The van der Waals surface area contributed by atoms with E-state index in [-0.39, 0.29) is 13.2 Å². The molecule has 0 unspecified atom stereocenters. The van der Waals surface area contributed by atoms with Gasteiger partial charge in [0.05, 0.1) is 25.4 Å². The summed E-state index contributed by atoms with van der Waals surface area (Å²) in [5, 5.41) is 12.8. The molecule has 0 aromatic heterocycles. The van der Waals surface area contributed by atoms with Crippen molar-refractivity contribution in [1.29, 1.82) is 0 Å². The number of hydrogen-bond acceptors (Lipinski definition) is 14. The van der Waals surface area contributed by atoms with E-state index in [9.17, 15) is 9.59 Å². The van der Waals surface area contributed by atoms with Crippen LogP contribution < -0.4 is 0 Å². The summed E-state index contributed by atoms with van der Waals surface area (Å²) >= 11 is 17.6. The number of rotatable bonds is 27. The Morgan fingerprint density at radius 1 is 0.529 bits per heavy atom. The van der Waals surface area contributed by atoms with Crippen molar-refractivity contribution in [2.24, 2.45) is 5.92 Å². The van der Waals surface area contributed by atoms with Crippen molar-refractivity contribution in [3.63, 3.8) is 0 Å². The van der Waals surface area contributed by atoms with Gasteiger partial charge >= 0.3 is 11.9 Å². The van der Waals surface area contributed by atoms with Gasteiger partial charge in [0.1, 0.15) is 13.2 Å². The first-order valence-electron chi connectivity index (χ1n) is 18.3. The molecule has 4 aliphatic rings. The monoisotopic (exact) mass is 880 g/mol. The third-order valence-electron chi connectivity index (χ3n) is 8.12. The summed E-state index contributed by atoms with van der Waals surface area (Å²) in [6.07, 6.45) is 21.2. The molecule has 0 aliphatic carbocycles. The average Bonchev–Trinajstić information content (AvgIpc) is 3.98. The van der Waals surface area contributed by atoms with Crippen LogP contribution >= 0.6 is 118 Å². The highest BCUT2D eigenvalue weighted by atomic mass is 32.2. The summed E-state index contributed by atoms with van der Waals surface area (Å²) in [5.74, 6) is -0.393. The summed E-state index contributed by atoms with van der Waals surface area (Å²) in [7, 11) is 0. The van der Waals surface area contributed by atoms with Gasteiger partial charge in [-0.2, -0.15) is 0 Å². The summed E-state index contributed by atoms with van der Waals surface area (Å²) in [6.45, 7) is 2.85. The zero-order valence-corrected chi connectivity index (χ0v) is 37.8. The van der Waals surface area contributed by atoms with Gasteiger partial charge in [-0.05, 0) is 38.9 Å². The van der Waals surface area contributed by atoms with Crippen LogP contribution in [-0.4, -0.2) is 36.7 Å². The summed E-state index contributed by atoms with van der Waals surface area (Å²) in [5.41, 5.74) is 0. The highest BCUT2D eigenvalue weighted by Crippen LogP contribution is 2.56. The molecule has 51 heavy (non-hydrogen) atoms. The minimum atomic E-state index is -0.849. The molecule has 0 fully saturated rings. The number of ether oxygens (including phenoxy) is 2. The van der Waals surface area contributed by atoms with Crippen LogP contribution in [-0.2, 0) is 19.1 Å². The van der Waals surface area contributed by atoms with E-state index in [0.717, 1.165) is 19.3 Å². The second-order valence-corrected chi connectivity index (χ2v) is 23.5. The van der Waals surface area contributed by atoms with Crippen LogP contribution in [0.5, 0.6) is 0 Å². The molecule has 0 amide bonds. The average molecular weight is 881 g/mol. The molecule has 0 spiro atoms. The normalized spacial score (nSPS) is 17.0. The Labute approximate surface area is 349 Å². The minimum Gasteiger partial charge on any atom is -0.464 e. The zero-order chi connectivity index (χ0) is 35.8. The molecule has 0 aromatic carbocycles. The molecule has 0 N–H and O–H groups in total. The van der Waals surface area contributed by atoms with Gasteiger partial charge in [-0.15, -0.1) is 23.5 Å². The lowest BCUT2D eigenvalue weighted by Gasteiger charge is -2.15. The molecule has 4 aliphatic heterocycles. The first kappa shape index (κ1) is 44.6. The van der Waals surface area contributed by atoms with Crippen LogP contribution in [0.25, 0.3) is 0 Å². The SMILES string of the molecule is CCCCCCCCCCCCCCCCCCC(C(=O)OCCSC1=CSC(=C2SC=CS2)S1)C(=O)OCCSC1=CSC(=C2SC=CS2)S1. The van der Waals surface area contributed by atoms with Crippen LogP contribution in [0.15, 0.2) is 57.9 Å². The summed E-state index contributed by atoms with van der Waals surface area (Å²) in [4.78, 5) is 26.4. The van der Waals surface area contributed by atoms with Crippen molar-refractivity contribution in [2.45, 2.75) is 116 Å². The van der Waals surface area contributed by atoms with Gasteiger partial charge in [0.15, 0.2) is 5.92 Å². The molecule has 0 bridgehead atoms. The van der Waals surface area contributed by atoms with Crippen molar-refractivity contribution in [3.8, 4) is 0 Å². The molecule has 0 atom stereocenters. The molecule has 284 valence electrons. The predicted octanol–water partition coefficient (Wildman–Crippen LogP) is 15.5. The largest absolute Gasteiger partial charge is 0.464 e. The van der Waals surface area contributed by atoms with Crippen LogP contribution in [0.1, 0.15) is 116 Å². The molecule has 0 radical (unpaired) electrons. The van der Waals surface area contributed by atoms with E-state index >= 15 is 0 Å². The fraction of sp³-hybridized carbons (Fsp3) is 0.622. The molecule has 0 saturated heterocycles. The van der Waals surface area contributed by atoms with Crippen molar-refractivity contribution in [3.05, 3.63) is 57.9 Å². The summed E-state index contributed by atoms with van der Waals surface area (Å²) in [6, 6.07) is 0. The van der Waals surface area contributed by atoms with Crippen LogP contribution in [0.3, 0.4) is 0 Å². The lowest BCUT2D eigenvalue weighted by molar-refractivity contribution is -0.161. The maximum absolute atomic E-state index is 13.2. The quantitative estimate of drug-likeness (QED) is 0.0447. The fourth-order valence-corrected chi connectivity index (χ4v) is 16.9. The number of carbonyl (C=O) groups is 2. The van der Waals surface area contributed by atoms with Crippen LogP contribution in [0.4, 0.5) is 0 Å². The molecule has 0 saturated carbocycles. The van der Waals surface area contributed by atoms with Crippen molar-refractivity contribution in [1.82, 2.24) is 0 Å². The number of unbranched alkanes of at least 4 members (excludes halogenated alkanes) is 15. The maximum atomic E-state index is 13.2. The first-order chi connectivity index (χ1) is 25.1. The lowest BCUT2D eigenvalue weighted by Crippen LogP contribution is -2.29. The molecule has 14 heteroatoms. The van der Waals surface area contributed by atoms with Gasteiger partial charge < -0.3 is 9.47 Å². The first-order valence-corrected chi connectivity index (χ1v) is 27.2. The Bertz CT molecular complexity index is 1180. The Kier molecular flexibility index (Phi) is 24.7. The van der Waals surface area contributed by atoms with E-state index in [1.54, 1.807) is 118 Å². The highest BCUT2D eigenvalue weighted by Gasteiger charge is 2.30. The van der Waals surface area contributed by atoms with E-state index in [2.05, 4.69) is 39.4 Å². The molecule has 4 heterocycles. The van der Waals surface area contributed by atoms with E-state index in [0.29, 0.717) is 17.9 Å². The lowest BCUT2D eigenvalue weighted by atomic mass is 9.99. The molecule has 0 aromatic rings. The topological polar surface area (TPSA) is 52.6 Å². The predicted molar refractivity (Wildman–Crippen MR) is 244 cm³/mol. The maximum Gasteiger partial charge on any atom is 0.320 e. The third-order valence-corrected chi connectivity index (χ3v) is 20.8. The van der Waals surface area contributed by atoms with E-state index in [1.165, 1.54) is 109 Å². The smallest absolute Gasteiger partial charge is 0.320 e. The number of carbonyl (C=O) groups excluding carboxylic acids is 2. The van der Waals surface area contributed by atoms with Gasteiger partial charge in [0.2, 0.25) is 0 Å². The van der Waals surface area contributed by atoms with Gasteiger partial charge in [-0.25, -0.2) is 0 Å². The van der Waals surface area contributed by atoms with E-state index in [1.807, 2.05) is 0 Å². The zero-order valence-electron chi connectivity index (χ0n) is 29.6. The van der Waals surface area contributed by atoms with Gasteiger partial charge in [-0.1, -0.05) is 204 Å². The van der Waals surface area contributed by atoms with E-state index in [4.69, 9.17) is 9.47 Å². The van der Waals surface area contributed by atoms with Crippen molar-refractivity contribution < 1.29 is 19.1 Å². The fourth-order valence-electron chi connectivity index (χ4n) is 5.39. The third kappa shape index (κ3) is 18.6. The number of hydrogen-bond donors (Lipinski definition) is 0. The molecule has 4 rings (SSSR count). The van der Waals surface area contributed by atoms with Gasteiger partial charge in [0, 0.05) is 11.5 Å². The highest BCUT2D eigenvalue weighted by molar-refractivity contribution is 8.38. The Morgan fingerprint density at radius 3 is 1.29 bits per heavy atom. The number of esters is 2. The van der Waals surface area contributed by atoms with E-state index < -0.39 is 17.9 Å². The Balaban J connectivity index is 1.09. The standard InChI is InChI=1S/C37H52O4S10/c1-2-3-4-5-6-7-8-9-10-11-12-13-14-15-16-17-18-29(32(38)40-19-21-42-30-27-48-36(50-30)34-44-23-24-45-34)33(39)41-20-22-43-31-28-49-37(51-31)35-46-25-26-47-35/h23-29H,2-22H2,1H3. The van der Waals surface area contributed by atoms with Crippen molar-refractivity contribution >= 4 is 130 Å². The molecular formula is C37H52O4S10. The molecular weight excluding hydrogens is 829 g/mol. The second-order valence-electron chi connectivity index (χ2n) is 12.2. The van der Waals surface area contributed by atoms with Crippen LogP contribution in [0, 0.1) is 5.92 Å². The Hall–Kier alpha value is 0.880. The number of thioether (sulfide) groups is 10. The summed E-state index contributed by atoms with van der Waals surface area (Å²) < 4.78 is 19.1. The van der Waals surface area contributed by atoms with Gasteiger partial charge in [0.25, 0.3) is 0 Å². The molecule has 4 nitrogen and oxygen atoms in total. The van der Waals surface area contributed by atoms with Gasteiger partial charge in [-0.3, -0.25) is 9.59 Å². The van der Waals surface area contributed by atoms with Crippen LogP contribution in [0.2, 0.25) is 0 Å². The second kappa shape index (κ2) is 28.3. The Morgan fingerprint density at radius 2 is 0.902 bits per heavy atom. The van der Waals surface area contributed by atoms with Crippen molar-refractivity contribution in [2.75, 3.05) is 24.7 Å².